The number of nitrogens with one attached hydrogen (secondary N) is 1. The molecule has 3 aromatic rings. The summed E-state index contributed by atoms with van der Waals surface area (Å²) < 4.78 is 3.07. The van der Waals surface area contributed by atoms with Crippen molar-refractivity contribution in [2.24, 2.45) is 0 Å². The van der Waals surface area contributed by atoms with Gasteiger partial charge in [-0.1, -0.05) is 18.2 Å². The van der Waals surface area contributed by atoms with Gasteiger partial charge in [0.05, 0.1) is 12.6 Å². The van der Waals surface area contributed by atoms with E-state index < -0.39 is 6.10 Å². The van der Waals surface area contributed by atoms with Crippen molar-refractivity contribution < 1.29 is 5.11 Å². The van der Waals surface area contributed by atoms with Crippen LogP contribution in [0.15, 0.2) is 48.1 Å². The summed E-state index contributed by atoms with van der Waals surface area (Å²) in [4.78, 5) is 0. The summed E-state index contributed by atoms with van der Waals surface area (Å²) in [5, 5.41) is 21.0. The molecule has 0 radical (unpaired) electrons. The van der Waals surface area contributed by atoms with Gasteiger partial charge in [0.15, 0.2) is 0 Å². The third-order valence-electron chi connectivity index (χ3n) is 3.59. The average molecular weight is 301 g/mol. The number of rotatable bonds is 6. The van der Waals surface area contributed by atoms with Gasteiger partial charge in [0.2, 0.25) is 0 Å². The number of aliphatic hydroxyl groups is 1. The molecule has 0 aliphatic heterocycles. The summed E-state index contributed by atoms with van der Waals surface area (Å²) in [6.45, 7) is 3.19. The monoisotopic (exact) mass is 301 g/mol. The molecule has 0 aliphatic carbocycles. The second kappa shape index (κ2) is 6.39. The number of nitrogens with zero attached hydrogens (tertiary/aromatic N) is 2. The molecule has 0 aliphatic rings. The summed E-state index contributed by atoms with van der Waals surface area (Å²) in [6, 6.07) is 10.6. The van der Waals surface area contributed by atoms with Crippen LogP contribution in [0.2, 0.25) is 0 Å². The fourth-order valence-electron chi connectivity index (χ4n) is 2.47. The van der Waals surface area contributed by atoms with Crippen molar-refractivity contribution in [3.8, 4) is 0 Å². The normalized spacial score (nSPS) is 14.4. The van der Waals surface area contributed by atoms with Crippen LogP contribution in [0.1, 0.15) is 18.5 Å². The number of aliphatic hydroxyl groups excluding tert-OH is 1. The first-order valence-corrected chi connectivity index (χ1v) is 7.97. The van der Waals surface area contributed by atoms with Gasteiger partial charge >= 0.3 is 0 Å². The predicted octanol–water partition coefficient (Wildman–Crippen LogP) is 2.81. The number of thiophene rings is 1. The number of aromatic nitrogens is 2. The van der Waals surface area contributed by atoms with Crippen LogP contribution in [0.5, 0.6) is 0 Å². The van der Waals surface area contributed by atoms with E-state index in [1.807, 2.05) is 12.3 Å². The molecule has 2 heterocycles. The Kier molecular flexibility index (Phi) is 4.34. The van der Waals surface area contributed by atoms with Crippen molar-refractivity contribution in [3.05, 3.63) is 53.7 Å². The van der Waals surface area contributed by atoms with Crippen LogP contribution >= 0.6 is 11.3 Å². The molecule has 0 spiro atoms. The Bertz CT molecular complexity index is 692. The molecule has 2 N–H and O–H groups in total. The van der Waals surface area contributed by atoms with E-state index in [1.54, 1.807) is 22.2 Å². The van der Waals surface area contributed by atoms with Gasteiger partial charge in [-0.05, 0) is 35.4 Å². The first-order valence-electron chi connectivity index (χ1n) is 7.09. The van der Waals surface area contributed by atoms with Crippen molar-refractivity contribution >= 4 is 21.4 Å². The van der Waals surface area contributed by atoms with Crippen LogP contribution in [0.3, 0.4) is 0 Å². The van der Waals surface area contributed by atoms with Crippen LogP contribution in [0.4, 0.5) is 0 Å². The molecule has 2 aromatic heterocycles. The van der Waals surface area contributed by atoms with E-state index in [9.17, 15) is 5.11 Å². The quantitative estimate of drug-likeness (QED) is 0.736. The molecule has 2 unspecified atom stereocenters. The van der Waals surface area contributed by atoms with E-state index in [4.69, 9.17) is 0 Å². The highest BCUT2D eigenvalue weighted by Crippen LogP contribution is 2.28. The molecule has 2 atom stereocenters. The van der Waals surface area contributed by atoms with Gasteiger partial charge in [0.25, 0.3) is 0 Å². The lowest BCUT2D eigenvalue weighted by Crippen LogP contribution is -2.32. The fourth-order valence-corrected chi connectivity index (χ4v) is 3.47. The van der Waals surface area contributed by atoms with Crippen LogP contribution in [-0.4, -0.2) is 27.5 Å². The number of benzene rings is 1. The van der Waals surface area contributed by atoms with Crippen LogP contribution < -0.4 is 5.32 Å². The van der Waals surface area contributed by atoms with E-state index in [1.165, 1.54) is 15.6 Å². The highest BCUT2D eigenvalue weighted by Gasteiger charge is 2.12. The topological polar surface area (TPSA) is 50.1 Å². The van der Waals surface area contributed by atoms with Gasteiger partial charge in [-0.3, -0.25) is 4.68 Å². The molecule has 0 bridgehead atoms. The Morgan fingerprint density at radius 1 is 1.33 bits per heavy atom. The minimum Gasteiger partial charge on any atom is -0.390 e. The SMILES string of the molecule is CC(NCC(O)Cn1cccn1)c1cccc2ccsc12. The second-order valence-electron chi connectivity index (χ2n) is 5.20. The molecule has 0 amide bonds. The maximum Gasteiger partial charge on any atom is 0.0860 e. The molecular weight excluding hydrogens is 282 g/mol. The Morgan fingerprint density at radius 3 is 3.05 bits per heavy atom. The molecule has 0 fully saturated rings. The molecule has 4 nitrogen and oxygen atoms in total. The zero-order valence-corrected chi connectivity index (χ0v) is 12.8. The van der Waals surface area contributed by atoms with Gasteiger partial charge < -0.3 is 10.4 Å². The standard InChI is InChI=1S/C16H19N3OS/c1-12(15-5-2-4-13-6-9-21-16(13)15)17-10-14(20)11-19-8-3-7-18-19/h2-9,12,14,17,20H,10-11H2,1H3. The lowest BCUT2D eigenvalue weighted by molar-refractivity contribution is 0.143. The highest BCUT2D eigenvalue weighted by atomic mass is 32.1. The summed E-state index contributed by atoms with van der Waals surface area (Å²) >= 11 is 1.76. The number of fused-ring (bicyclic) bond motifs is 1. The number of hydrogen-bond acceptors (Lipinski definition) is 4. The minimum absolute atomic E-state index is 0.208. The maximum absolute atomic E-state index is 10.1. The Hall–Kier alpha value is -1.69. The van der Waals surface area contributed by atoms with Crippen molar-refractivity contribution in [1.82, 2.24) is 15.1 Å². The highest BCUT2D eigenvalue weighted by molar-refractivity contribution is 7.17. The predicted molar refractivity (Wildman–Crippen MR) is 86.5 cm³/mol. The van der Waals surface area contributed by atoms with E-state index in [-0.39, 0.29) is 6.04 Å². The third-order valence-corrected chi connectivity index (χ3v) is 4.57. The van der Waals surface area contributed by atoms with E-state index in [0.717, 1.165) is 0 Å². The Balaban J connectivity index is 1.61. The largest absolute Gasteiger partial charge is 0.390 e. The van der Waals surface area contributed by atoms with Crippen molar-refractivity contribution in [2.75, 3.05) is 6.54 Å². The first kappa shape index (κ1) is 14.3. The van der Waals surface area contributed by atoms with Gasteiger partial charge in [0, 0.05) is 29.7 Å². The number of hydrogen-bond donors (Lipinski definition) is 2. The molecule has 21 heavy (non-hydrogen) atoms. The molecular formula is C16H19N3OS. The summed E-state index contributed by atoms with van der Waals surface area (Å²) in [5.41, 5.74) is 1.29. The van der Waals surface area contributed by atoms with Gasteiger partial charge in [-0.25, -0.2) is 0 Å². The average Bonchev–Trinajstić information content (AvgIpc) is 3.14. The maximum atomic E-state index is 10.1. The van der Waals surface area contributed by atoms with Gasteiger partial charge in [-0.15, -0.1) is 11.3 Å². The van der Waals surface area contributed by atoms with Crippen LogP contribution in [-0.2, 0) is 6.54 Å². The Morgan fingerprint density at radius 2 is 2.24 bits per heavy atom. The van der Waals surface area contributed by atoms with Gasteiger partial charge in [-0.2, -0.15) is 5.10 Å². The lowest BCUT2D eigenvalue weighted by Gasteiger charge is -2.18. The Labute approximate surface area is 128 Å². The third kappa shape index (κ3) is 3.32. The zero-order valence-electron chi connectivity index (χ0n) is 11.9. The zero-order chi connectivity index (χ0) is 14.7. The molecule has 110 valence electrons. The van der Waals surface area contributed by atoms with E-state index in [0.29, 0.717) is 13.1 Å². The first-order chi connectivity index (χ1) is 10.2. The molecule has 0 saturated carbocycles. The smallest absolute Gasteiger partial charge is 0.0860 e. The molecule has 0 saturated heterocycles. The molecule has 3 rings (SSSR count). The van der Waals surface area contributed by atoms with Crippen molar-refractivity contribution in [1.29, 1.82) is 0 Å². The minimum atomic E-state index is -0.449. The van der Waals surface area contributed by atoms with E-state index >= 15 is 0 Å². The lowest BCUT2D eigenvalue weighted by atomic mass is 10.1. The van der Waals surface area contributed by atoms with Crippen LogP contribution in [0.25, 0.3) is 10.1 Å². The summed E-state index contributed by atoms with van der Waals surface area (Å²) in [5.74, 6) is 0. The van der Waals surface area contributed by atoms with Crippen LogP contribution in [0, 0.1) is 0 Å². The second-order valence-corrected chi connectivity index (χ2v) is 6.11. The summed E-state index contributed by atoms with van der Waals surface area (Å²) in [6.07, 6.45) is 3.13. The van der Waals surface area contributed by atoms with Crippen molar-refractivity contribution in [2.45, 2.75) is 25.6 Å². The van der Waals surface area contributed by atoms with E-state index in [2.05, 4.69) is 47.0 Å². The molecule has 1 aromatic carbocycles. The summed E-state index contributed by atoms with van der Waals surface area (Å²) in [7, 11) is 0. The van der Waals surface area contributed by atoms with Crippen molar-refractivity contribution in [3.63, 3.8) is 0 Å². The fraction of sp³-hybridized carbons (Fsp3) is 0.312. The molecule has 5 heteroatoms. The van der Waals surface area contributed by atoms with Gasteiger partial charge in [0.1, 0.15) is 0 Å².